The molecule has 1 saturated heterocycles. The van der Waals surface area contributed by atoms with Gasteiger partial charge in [-0.1, -0.05) is 69.6 Å². The lowest BCUT2D eigenvalue weighted by Crippen LogP contribution is -2.33. The van der Waals surface area contributed by atoms with Crippen molar-refractivity contribution in [3.8, 4) is 0 Å². The maximum Gasteiger partial charge on any atom is 0.143 e. The minimum atomic E-state index is 0.513. The minimum Gasteiger partial charge on any atom is -0.391 e. The van der Waals surface area contributed by atoms with E-state index in [2.05, 4.69) is 56.3 Å². The van der Waals surface area contributed by atoms with Gasteiger partial charge in [-0.2, -0.15) is 0 Å². The second-order valence-corrected chi connectivity index (χ2v) is 6.64. The molecular weight excluding hydrogens is 352 g/mol. The highest BCUT2D eigenvalue weighted by molar-refractivity contribution is 9.10. The van der Waals surface area contributed by atoms with Gasteiger partial charge in [0.25, 0.3) is 0 Å². The normalized spacial score (nSPS) is 15.4. The largest absolute Gasteiger partial charge is 0.391 e. The molecule has 1 aliphatic rings. The summed E-state index contributed by atoms with van der Waals surface area (Å²) in [5, 5.41) is 4.33. The Morgan fingerprint density at radius 2 is 1.65 bits per heavy atom. The summed E-state index contributed by atoms with van der Waals surface area (Å²) < 4.78 is 1.07. The summed E-state index contributed by atoms with van der Waals surface area (Å²) in [4.78, 5) is 8.01. The van der Waals surface area contributed by atoms with Crippen LogP contribution in [0.25, 0.3) is 0 Å². The maximum absolute atomic E-state index is 5.53. The Bertz CT molecular complexity index is 647. The average Bonchev–Trinajstić information content (AvgIpc) is 2.59. The number of hydrogen-bond donors (Lipinski definition) is 0. The van der Waals surface area contributed by atoms with Crippen LogP contribution in [0.2, 0.25) is 0 Å². The molecule has 0 aliphatic carbocycles. The predicted octanol–water partition coefficient (Wildman–Crippen LogP) is 4.62. The third-order valence-electron chi connectivity index (χ3n) is 4.05. The molecule has 120 valence electrons. The van der Waals surface area contributed by atoms with Gasteiger partial charge in [0.2, 0.25) is 0 Å². The van der Waals surface area contributed by atoms with Crippen LogP contribution in [0.15, 0.2) is 64.2 Å². The molecule has 0 aromatic heterocycles. The van der Waals surface area contributed by atoms with Crippen molar-refractivity contribution < 1.29 is 4.84 Å². The third-order valence-corrected chi connectivity index (χ3v) is 4.83. The van der Waals surface area contributed by atoms with E-state index in [-0.39, 0.29) is 0 Å². The van der Waals surface area contributed by atoms with Gasteiger partial charge in [0.15, 0.2) is 0 Å². The van der Waals surface area contributed by atoms with Gasteiger partial charge in [0.05, 0.1) is 5.71 Å². The lowest BCUT2D eigenvalue weighted by molar-refractivity contribution is 0.126. The molecule has 0 spiro atoms. The fourth-order valence-corrected chi connectivity index (χ4v) is 3.11. The molecule has 1 heterocycles. The molecule has 0 atom stereocenters. The van der Waals surface area contributed by atoms with Crippen LogP contribution in [0.4, 0.5) is 0 Å². The van der Waals surface area contributed by atoms with E-state index in [0.29, 0.717) is 6.61 Å². The monoisotopic (exact) mass is 372 g/mol. The van der Waals surface area contributed by atoms with Crippen LogP contribution >= 0.6 is 15.9 Å². The number of nitrogens with zero attached hydrogens (tertiary/aromatic N) is 2. The zero-order valence-corrected chi connectivity index (χ0v) is 14.7. The Morgan fingerprint density at radius 3 is 2.39 bits per heavy atom. The molecule has 3 nitrogen and oxygen atoms in total. The Kier molecular flexibility index (Phi) is 5.83. The first-order valence-corrected chi connectivity index (χ1v) is 8.78. The van der Waals surface area contributed by atoms with Gasteiger partial charge >= 0.3 is 0 Å². The average molecular weight is 373 g/mol. The highest BCUT2D eigenvalue weighted by atomic mass is 79.9. The Balaban J connectivity index is 1.44. The Hall–Kier alpha value is -1.65. The number of likely N-dealkylation sites (tertiary alicyclic amines) is 1. The number of hydrogen-bond acceptors (Lipinski definition) is 3. The van der Waals surface area contributed by atoms with Crippen molar-refractivity contribution in [3.05, 3.63) is 70.2 Å². The van der Waals surface area contributed by atoms with Crippen molar-refractivity contribution in [3.63, 3.8) is 0 Å². The van der Waals surface area contributed by atoms with Crippen molar-refractivity contribution >= 4 is 21.6 Å². The molecule has 0 amide bonds. The topological polar surface area (TPSA) is 24.8 Å². The molecule has 23 heavy (non-hydrogen) atoms. The van der Waals surface area contributed by atoms with Gasteiger partial charge in [-0.3, -0.25) is 4.90 Å². The lowest BCUT2D eigenvalue weighted by atomic mass is 10.1. The van der Waals surface area contributed by atoms with Crippen molar-refractivity contribution in [1.82, 2.24) is 4.90 Å². The second-order valence-electron chi connectivity index (χ2n) is 5.78. The highest BCUT2D eigenvalue weighted by Gasteiger charge is 2.15. The summed E-state index contributed by atoms with van der Waals surface area (Å²) in [7, 11) is 0. The van der Waals surface area contributed by atoms with Crippen LogP contribution in [0.3, 0.4) is 0 Å². The van der Waals surface area contributed by atoms with Gasteiger partial charge in [0.1, 0.15) is 6.61 Å². The lowest BCUT2D eigenvalue weighted by Gasteiger charge is -2.27. The second kappa shape index (κ2) is 8.27. The molecular formula is C19H21BrN2O. The van der Waals surface area contributed by atoms with E-state index in [9.17, 15) is 0 Å². The van der Waals surface area contributed by atoms with E-state index < -0.39 is 0 Å². The summed E-state index contributed by atoms with van der Waals surface area (Å²) >= 11 is 3.53. The van der Waals surface area contributed by atoms with Crippen molar-refractivity contribution in [2.24, 2.45) is 5.16 Å². The standard InChI is InChI=1S/C19H21BrN2O/c20-19-9-5-4-8-17(19)15-23-21-18-10-12-22(13-11-18)14-16-6-2-1-3-7-16/h1-9H,10-15H2. The number of benzene rings is 2. The molecule has 0 unspecified atom stereocenters. The van der Waals surface area contributed by atoms with Gasteiger partial charge in [-0.15, -0.1) is 0 Å². The predicted molar refractivity (Wildman–Crippen MR) is 97.3 cm³/mol. The van der Waals surface area contributed by atoms with Crippen LogP contribution < -0.4 is 0 Å². The molecule has 0 saturated carbocycles. The summed E-state index contributed by atoms with van der Waals surface area (Å²) in [6.07, 6.45) is 1.98. The van der Waals surface area contributed by atoms with Gasteiger partial charge in [0, 0.05) is 42.5 Å². The number of halogens is 1. The zero-order valence-electron chi connectivity index (χ0n) is 13.1. The SMILES string of the molecule is Brc1ccccc1CON=C1CCN(Cc2ccccc2)CC1. The molecule has 2 aromatic rings. The molecule has 2 aromatic carbocycles. The van der Waals surface area contributed by atoms with Crippen LogP contribution in [0.1, 0.15) is 24.0 Å². The van der Waals surface area contributed by atoms with E-state index >= 15 is 0 Å². The fraction of sp³-hybridized carbons (Fsp3) is 0.316. The third kappa shape index (κ3) is 4.91. The quantitative estimate of drug-likeness (QED) is 0.715. The number of piperidine rings is 1. The van der Waals surface area contributed by atoms with E-state index in [1.165, 1.54) is 11.3 Å². The van der Waals surface area contributed by atoms with E-state index in [1.54, 1.807) is 0 Å². The van der Waals surface area contributed by atoms with Crippen molar-refractivity contribution in [2.45, 2.75) is 26.0 Å². The number of oxime groups is 1. The summed E-state index contributed by atoms with van der Waals surface area (Å²) in [6, 6.07) is 18.7. The van der Waals surface area contributed by atoms with Crippen molar-refractivity contribution in [2.75, 3.05) is 13.1 Å². The van der Waals surface area contributed by atoms with Gasteiger partial charge in [-0.25, -0.2) is 0 Å². The Labute approximate surface area is 146 Å². The van der Waals surface area contributed by atoms with Gasteiger partial charge in [-0.05, 0) is 11.6 Å². The fourth-order valence-electron chi connectivity index (χ4n) is 2.71. The van der Waals surface area contributed by atoms with Gasteiger partial charge < -0.3 is 4.84 Å². The van der Waals surface area contributed by atoms with E-state index in [4.69, 9.17) is 4.84 Å². The smallest absolute Gasteiger partial charge is 0.143 e. The summed E-state index contributed by atoms with van der Waals surface area (Å²) in [5.41, 5.74) is 3.66. The van der Waals surface area contributed by atoms with Crippen LogP contribution in [-0.4, -0.2) is 23.7 Å². The van der Waals surface area contributed by atoms with E-state index in [1.807, 2.05) is 24.3 Å². The highest BCUT2D eigenvalue weighted by Crippen LogP contribution is 2.17. The molecule has 0 radical (unpaired) electrons. The Morgan fingerprint density at radius 1 is 0.957 bits per heavy atom. The molecule has 4 heteroatoms. The first-order chi connectivity index (χ1) is 11.3. The first-order valence-electron chi connectivity index (χ1n) is 7.98. The molecule has 1 fully saturated rings. The van der Waals surface area contributed by atoms with Crippen LogP contribution in [0.5, 0.6) is 0 Å². The van der Waals surface area contributed by atoms with Crippen LogP contribution in [0, 0.1) is 0 Å². The summed E-state index contributed by atoms with van der Waals surface area (Å²) in [6.45, 7) is 3.63. The molecule has 0 N–H and O–H groups in total. The maximum atomic E-state index is 5.53. The van der Waals surface area contributed by atoms with E-state index in [0.717, 1.165) is 42.5 Å². The molecule has 3 rings (SSSR count). The first kappa shape index (κ1) is 16.2. The van der Waals surface area contributed by atoms with Crippen molar-refractivity contribution in [1.29, 1.82) is 0 Å². The molecule has 1 aliphatic heterocycles. The number of rotatable bonds is 5. The zero-order chi connectivity index (χ0) is 15.9. The van der Waals surface area contributed by atoms with Crippen LogP contribution in [-0.2, 0) is 18.0 Å². The molecule has 0 bridgehead atoms. The minimum absolute atomic E-state index is 0.513. The summed E-state index contributed by atoms with van der Waals surface area (Å²) in [5.74, 6) is 0.